The average Bonchev–Trinajstić information content (AvgIpc) is 3.89. The number of likely N-dealkylation sites (tertiary alicyclic amines) is 1. The monoisotopic (exact) mass is 650 g/mol. The van der Waals surface area contributed by atoms with Crippen LogP contribution in [-0.4, -0.2) is 70.4 Å². The van der Waals surface area contributed by atoms with Gasteiger partial charge in [0, 0.05) is 28.9 Å². The van der Waals surface area contributed by atoms with Gasteiger partial charge in [0.2, 0.25) is 0 Å². The SMILES string of the molecule is CC(C1CCCN1C)n1nc(-c2ccn(C3CC(O)C3)n2)c2cnc(-c3noc4c3CCCC43CCCc4sc(N)c(C#N)c43)nc21. The van der Waals surface area contributed by atoms with Crippen LogP contribution in [0.25, 0.3) is 33.9 Å². The highest BCUT2D eigenvalue weighted by Gasteiger charge is 2.49. The number of aliphatic hydroxyl groups is 1. The number of likely N-dealkylation sites (N-methyl/N-ethyl adjacent to an activating group) is 1. The van der Waals surface area contributed by atoms with Gasteiger partial charge in [-0.25, -0.2) is 14.6 Å². The minimum absolute atomic E-state index is 0.0778. The molecule has 3 N–H and O–H groups in total. The summed E-state index contributed by atoms with van der Waals surface area (Å²) in [6, 6.07) is 5.03. The second-order valence-electron chi connectivity index (χ2n) is 14.0. The zero-order valence-corrected chi connectivity index (χ0v) is 27.5. The van der Waals surface area contributed by atoms with Gasteiger partial charge in [-0.1, -0.05) is 5.16 Å². The highest BCUT2D eigenvalue weighted by molar-refractivity contribution is 7.16. The summed E-state index contributed by atoms with van der Waals surface area (Å²) >= 11 is 1.55. The smallest absolute Gasteiger partial charge is 0.184 e. The highest BCUT2D eigenvalue weighted by Crippen LogP contribution is 2.55. The van der Waals surface area contributed by atoms with Gasteiger partial charge in [0.25, 0.3) is 0 Å². The molecule has 1 aliphatic heterocycles. The van der Waals surface area contributed by atoms with Crippen molar-refractivity contribution in [2.45, 2.75) is 101 Å². The molecule has 2 fully saturated rings. The summed E-state index contributed by atoms with van der Waals surface area (Å²) in [6.45, 7) is 3.29. The molecule has 3 aliphatic carbocycles. The Bertz CT molecular complexity index is 2060. The molecule has 12 nitrogen and oxygen atoms in total. The first-order valence-electron chi connectivity index (χ1n) is 16.9. The van der Waals surface area contributed by atoms with E-state index in [1.165, 1.54) is 4.88 Å². The molecular formula is C34H38N10O2S. The summed E-state index contributed by atoms with van der Waals surface area (Å²) in [4.78, 5) is 13.7. The van der Waals surface area contributed by atoms with Gasteiger partial charge in [-0.3, -0.25) is 4.68 Å². The lowest BCUT2D eigenvalue weighted by Crippen LogP contribution is -2.35. The molecule has 3 atom stereocenters. The molecule has 0 amide bonds. The Labute approximate surface area is 276 Å². The normalized spacial score (nSPS) is 26.3. The van der Waals surface area contributed by atoms with Crippen molar-refractivity contribution in [1.82, 2.24) is 39.6 Å². The fraction of sp³-hybridized carbons (Fsp3) is 0.529. The lowest BCUT2D eigenvalue weighted by molar-refractivity contribution is 0.0435. The van der Waals surface area contributed by atoms with Crippen molar-refractivity contribution in [3.05, 3.63) is 45.8 Å². The number of aromatic nitrogens is 7. The van der Waals surface area contributed by atoms with Crippen molar-refractivity contribution in [3.8, 4) is 29.0 Å². The third-order valence-electron chi connectivity index (χ3n) is 11.4. The molecule has 6 heterocycles. The van der Waals surface area contributed by atoms with Gasteiger partial charge in [0.15, 0.2) is 22.9 Å². The first-order chi connectivity index (χ1) is 22.9. The first-order valence-corrected chi connectivity index (χ1v) is 17.7. The summed E-state index contributed by atoms with van der Waals surface area (Å²) in [6.07, 6.45) is 12.8. The summed E-state index contributed by atoms with van der Waals surface area (Å²) < 4.78 is 10.3. The molecule has 3 unspecified atom stereocenters. The topological polar surface area (TPSA) is 161 Å². The van der Waals surface area contributed by atoms with E-state index in [1.807, 2.05) is 23.1 Å². The Morgan fingerprint density at radius 1 is 1.17 bits per heavy atom. The number of fused-ring (bicyclic) bond motifs is 5. The van der Waals surface area contributed by atoms with Gasteiger partial charge in [0.1, 0.15) is 22.5 Å². The van der Waals surface area contributed by atoms with Crippen LogP contribution >= 0.6 is 11.3 Å². The number of thiophene rings is 1. The lowest BCUT2D eigenvalue weighted by Gasteiger charge is -2.39. The number of nitrogens with two attached hydrogens (primary N) is 1. The molecule has 5 aromatic heterocycles. The van der Waals surface area contributed by atoms with Crippen LogP contribution in [0.1, 0.15) is 97.7 Å². The van der Waals surface area contributed by atoms with Crippen LogP contribution in [-0.2, 0) is 18.3 Å². The molecule has 1 spiro atoms. The molecule has 13 heteroatoms. The van der Waals surface area contributed by atoms with Crippen LogP contribution in [0, 0.1) is 11.3 Å². The molecule has 4 aliphatic rings. The van der Waals surface area contributed by atoms with Crippen molar-refractivity contribution in [3.63, 3.8) is 0 Å². The van der Waals surface area contributed by atoms with E-state index in [1.54, 1.807) is 11.3 Å². The Morgan fingerprint density at radius 3 is 2.77 bits per heavy atom. The molecule has 0 radical (unpaired) electrons. The maximum Gasteiger partial charge on any atom is 0.184 e. The third kappa shape index (κ3) is 4.27. The maximum absolute atomic E-state index is 10.1. The molecule has 5 aromatic rings. The minimum atomic E-state index is -0.401. The van der Waals surface area contributed by atoms with Gasteiger partial charge >= 0.3 is 0 Å². The first kappa shape index (κ1) is 29.1. The van der Waals surface area contributed by atoms with E-state index in [2.05, 4.69) is 34.8 Å². The van der Waals surface area contributed by atoms with Crippen molar-refractivity contribution in [2.75, 3.05) is 19.3 Å². The van der Waals surface area contributed by atoms with E-state index >= 15 is 0 Å². The molecular weight excluding hydrogens is 613 g/mol. The predicted molar refractivity (Wildman–Crippen MR) is 177 cm³/mol. The quantitative estimate of drug-likeness (QED) is 0.260. The van der Waals surface area contributed by atoms with E-state index in [9.17, 15) is 10.4 Å². The van der Waals surface area contributed by atoms with Gasteiger partial charge in [-0.2, -0.15) is 15.5 Å². The number of nitrogen functional groups attached to an aromatic ring is 1. The van der Waals surface area contributed by atoms with Gasteiger partial charge in [-0.15, -0.1) is 11.3 Å². The Morgan fingerprint density at radius 2 is 2.00 bits per heavy atom. The van der Waals surface area contributed by atoms with Crippen LogP contribution < -0.4 is 5.73 Å². The van der Waals surface area contributed by atoms with E-state index in [-0.39, 0.29) is 18.2 Å². The van der Waals surface area contributed by atoms with Gasteiger partial charge in [0.05, 0.1) is 34.6 Å². The number of anilines is 1. The average molecular weight is 651 g/mol. The molecule has 0 aromatic carbocycles. The van der Waals surface area contributed by atoms with E-state index in [0.717, 1.165) is 110 Å². The van der Waals surface area contributed by atoms with Crippen LogP contribution in [0.4, 0.5) is 5.00 Å². The zero-order chi connectivity index (χ0) is 32.0. The van der Waals surface area contributed by atoms with Crippen LogP contribution in [0.3, 0.4) is 0 Å². The minimum Gasteiger partial charge on any atom is -0.393 e. The molecule has 1 saturated carbocycles. The molecule has 47 heavy (non-hydrogen) atoms. The largest absolute Gasteiger partial charge is 0.393 e. The summed E-state index contributed by atoms with van der Waals surface area (Å²) in [5.41, 5.74) is 11.6. The van der Waals surface area contributed by atoms with Crippen LogP contribution in [0.2, 0.25) is 0 Å². The molecule has 0 bridgehead atoms. The fourth-order valence-corrected chi connectivity index (χ4v) is 10.0. The van der Waals surface area contributed by atoms with Gasteiger partial charge < -0.3 is 20.3 Å². The van der Waals surface area contributed by atoms with Crippen molar-refractivity contribution >= 4 is 27.4 Å². The number of nitriles is 1. The summed E-state index contributed by atoms with van der Waals surface area (Å²) in [5.74, 6) is 1.37. The molecule has 9 rings (SSSR count). The maximum atomic E-state index is 10.1. The highest BCUT2D eigenvalue weighted by atomic mass is 32.1. The fourth-order valence-electron chi connectivity index (χ4n) is 8.88. The van der Waals surface area contributed by atoms with E-state index < -0.39 is 5.41 Å². The Kier molecular flexibility index (Phi) is 6.61. The number of nitrogens with zero attached hydrogens (tertiary/aromatic N) is 9. The van der Waals surface area contributed by atoms with Crippen LogP contribution in [0.5, 0.6) is 0 Å². The number of aryl methyl sites for hydroxylation is 1. The summed E-state index contributed by atoms with van der Waals surface area (Å²) in [7, 11) is 2.18. The van der Waals surface area contributed by atoms with Crippen molar-refractivity contribution < 1.29 is 9.63 Å². The van der Waals surface area contributed by atoms with Gasteiger partial charge in [-0.05, 0) is 96.4 Å². The Hall–Kier alpha value is -4.12. The zero-order valence-electron chi connectivity index (χ0n) is 26.7. The number of hydrogen-bond donors (Lipinski definition) is 2. The second-order valence-corrected chi connectivity index (χ2v) is 15.1. The standard InChI is InChI=1S/C34H38N10O2S/c1-18(25-7-5-12-42(25)2)44-33-23(28(40-44)24-9-13-43(39-24)19-14-20(45)15-19)17-37-32(38-33)29-21-6-3-10-34(30(21)46-41-29)11-4-8-26-27(34)22(16-35)31(36)47-26/h9,13,17-20,25,45H,3-8,10-12,14-15,36H2,1-2H3. The van der Waals surface area contributed by atoms with Crippen LogP contribution in [0.15, 0.2) is 23.0 Å². The molecule has 1 saturated heterocycles. The van der Waals surface area contributed by atoms with Crippen molar-refractivity contribution in [2.24, 2.45) is 0 Å². The summed E-state index contributed by atoms with van der Waals surface area (Å²) in [5, 5.41) is 36.1. The lowest BCUT2D eigenvalue weighted by atomic mass is 9.63. The van der Waals surface area contributed by atoms with Crippen molar-refractivity contribution in [1.29, 1.82) is 5.26 Å². The number of hydrogen-bond acceptors (Lipinski definition) is 11. The third-order valence-corrected chi connectivity index (χ3v) is 12.4. The van der Waals surface area contributed by atoms with E-state index in [0.29, 0.717) is 28.1 Å². The Balaban J connectivity index is 1.16. The molecule has 242 valence electrons. The number of rotatable bonds is 5. The number of aliphatic hydroxyl groups excluding tert-OH is 1. The second kappa shape index (κ2) is 10.7. The van der Waals surface area contributed by atoms with E-state index in [4.69, 9.17) is 30.4 Å². The predicted octanol–water partition coefficient (Wildman–Crippen LogP) is 5.17.